The molecule has 0 atom stereocenters. The van der Waals surface area contributed by atoms with E-state index in [4.69, 9.17) is 4.42 Å². The number of rotatable bonds is 4. The Morgan fingerprint density at radius 1 is 1.33 bits per heavy atom. The molecule has 0 radical (unpaired) electrons. The predicted octanol–water partition coefficient (Wildman–Crippen LogP) is 3.61. The van der Waals surface area contributed by atoms with Crippen LogP contribution in [0.5, 0.6) is 0 Å². The first kappa shape index (κ1) is 13.8. The topological polar surface area (TPSA) is 52.2 Å². The molecule has 0 bridgehead atoms. The average Bonchev–Trinajstić information content (AvgIpc) is 3.02. The third kappa shape index (κ3) is 2.34. The van der Waals surface area contributed by atoms with E-state index in [-0.39, 0.29) is 11.5 Å². The summed E-state index contributed by atoms with van der Waals surface area (Å²) < 4.78 is 6.84. The second-order valence-corrected chi connectivity index (χ2v) is 5.74. The van der Waals surface area contributed by atoms with E-state index < -0.39 is 0 Å². The van der Waals surface area contributed by atoms with Gasteiger partial charge in [0.1, 0.15) is 0 Å². The predicted molar refractivity (Wildman–Crippen MR) is 83.3 cm³/mol. The van der Waals surface area contributed by atoms with E-state index in [1.54, 1.807) is 22.8 Å². The Bertz CT molecular complexity index is 869. The van der Waals surface area contributed by atoms with Crippen LogP contribution in [0.1, 0.15) is 34.8 Å². The molecule has 5 heteroatoms. The van der Waals surface area contributed by atoms with Gasteiger partial charge in [0.05, 0.1) is 5.52 Å². The van der Waals surface area contributed by atoms with Gasteiger partial charge in [-0.1, -0.05) is 6.92 Å². The minimum Gasteiger partial charge on any atom is -0.408 e. The van der Waals surface area contributed by atoms with Crippen molar-refractivity contribution in [1.82, 2.24) is 4.57 Å². The molecule has 0 saturated heterocycles. The van der Waals surface area contributed by atoms with Crippen molar-refractivity contribution in [3.8, 4) is 0 Å². The van der Waals surface area contributed by atoms with Crippen LogP contribution in [0.4, 0.5) is 0 Å². The van der Waals surface area contributed by atoms with Crippen LogP contribution in [-0.2, 0) is 6.54 Å². The fourth-order valence-electron chi connectivity index (χ4n) is 2.39. The molecule has 0 fully saturated rings. The van der Waals surface area contributed by atoms with Crippen LogP contribution in [0.15, 0.2) is 38.2 Å². The Hall–Kier alpha value is -2.14. The van der Waals surface area contributed by atoms with Crippen LogP contribution < -0.4 is 5.76 Å². The van der Waals surface area contributed by atoms with Gasteiger partial charge in [0.15, 0.2) is 11.4 Å². The van der Waals surface area contributed by atoms with Crippen LogP contribution in [0.2, 0.25) is 0 Å². The summed E-state index contributed by atoms with van der Waals surface area (Å²) in [6.07, 6.45) is 0.851. The number of benzene rings is 1. The summed E-state index contributed by atoms with van der Waals surface area (Å²) in [5.41, 5.74) is 3.42. The number of oxazole rings is 1. The number of ketones is 1. The number of aromatic nitrogens is 1. The normalized spacial score (nSPS) is 11.1. The van der Waals surface area contributed by atoms with Crippen molar-refractivity contribution >= 4 is 28.2 Å². The number of nitrogens with zero attached hydrogens (tertiary/aromatic N) is 1. The summed E-state index contributed by atoms with van der Waals surface area (Å²) in [6, 6.07) is 5.19. The monoisotopic (exact) mass is 301 g/mol. The maximum atomic E-state index is 12.5. The van der Waals surface area contributed by atoms with E-state index in [9.17, 15) is 9.59 Å². The molecule has 3 rings (SSSR count). The molecule has 108 valence electrons. The summed E-state index contributed by atoms with van der Waals surface area (Å²) in [5.74, 6) is -0.412. The zero-order chi connectivity index (χ0) is 15.0. The van der Waals surface area contributed by atoms with Gasteiger partial charge < -0.3 is 4.42 Å². The second kappa shape index (κ2) is 5.33. The molecule has 2 aromatic heterocycles. The zero-order valence-electron chi connectivity index (χ0n) is 11.9. The molecular formula is C16H15NO3S. The lowest BCUT2D eigenvalue weighted by Gasteiger charge is -2.02. The lowest BCUT2D eigenvalue weighted by Crippen LogP contribution is -2.13. The molecule has 2 heterocycles. The minimum atomic E-state index is -0.372. The SMILES string of the molecule is CCCn1c(=O)oc2cc(C(=O)c3cscc3C)ccc21. The van der Waals surface area contributed by atoms with Gasteiger partial charge >= 0.3 is 5.76 Å². The standard InChI is InChI=1S/C16H15NO3S/c1-3-6-17-13-5-4-11(7-14(13)20-16(17)19)15(18)12-9-21-8-10(12)2/h4-5,7-9H,3,6H2,1-2H3. The van der Waals surface area contributed by atoms with Crippen molar-refractivity contribution in [2.45, 2.75) is 26.8 Å². The highest BCUT2D eigenvalue weighted by atomic mass is 32.1. The highest BCUT2D eigenvalue weighted by Gasteiger charge is 2.15. The molecule has 21 heavy (non-hydrogen) atoms. The van der Waals surface area contributed by atoms with E-state index in [1.165, 1.54) is 11.3 Å². The van der Waals surface area contributed by atoms with Gasteiger partial charge in [-0.2, -0.15) is 11.3 Å². The lowest BCUT2D eigenvalue weighted by molar-refractivity contribution is 0.103. The first-order chi connectivity index (χ1) is 10.1. The number of carbonyl (C=O) groups excluding carboxylic acids is 1. The summed E-state index contributed by atoms with van der Waals surface area (Å²) >= 11 is 1.51. The number of hydrogen-bond donors (Lipinski definition) is 0. The lowest BCUT2D eigenvalue weighted by atomic mass is 10.0. The van der Waals surface area contributed by atoms with Crippen LogP contribution >= 0.6 is 11.3 Å². The fraction of sp³-hybridized carbons (Fsp3) is 0.250. The maximum absolute atomic E-state index is 12.5. The van der Waals surface area contributed by atoms with Crippen molar-refractivity contribution in [2.75, 3.05) is 0 Å². The Morgan fingerprint density at radius 3 is 2.81 bits per heavy atom. The first-order valence-electron chi connectivity index (χ1n) is 6.82. The molecule has 1 aromatic carbocycles. The minimum absolute atomic E-state index is 0.0402. The van der Waals surface area contributed by atoms with Crippen LogP contribution in [0.25, 0.3) is 11.1 Å². The van der Waals surface area contributed by atoms with Crippen LogP contribution in [0.3, 0.4) is 0 Å². The molecule has 0 aliphatic rings. The third-order valence-corrected chi connectivity index (χ3v) is 4.34. The van der Waals surface area contributed by atoms with Crippen molar-refractivity contribution in [2.24, 2.45) is 0 Å². The molecule has 0 aliphatic heterocycles. The van der Waals surface area contributed by atoms with Crippen LogP contribution in [0, 0.1) is 6.92 Å². The summed E-state index contributed by atoms with van der Waals surface area (Å²) in [4.78, 5) is 24.3. The van der Waals surface area contributed by atoms with E-state index in [2.05, 4.69) is 0 Å². The highest BCUT2D eigenvalue weighted by molar-refractivity contribution is 7.08. The zero-order valence-corrected chi connectivity index (χ0v) is 12.7. The largest absolute Gasteiger partial charge is 0.419 e. The highest BCUT2D eigenvalue weighted by Crippen LogP contribution is 2.21. The van der Waals surface area contributed by atoms with Crippen LogP contribution in [-0.4, -0.2) is 10.4 Å². The molecule has 0 N–H and O–H groups in total. The Kier molecular flexibility index (Phi) is 3.51. The number of thiophene rings is 1. The van der Waals surface area contributed by atoms with Crippen molar-refractivity contribution in [3.63, 3.8) is 0 Å². The molecule has 0 aliphatic carbocycles. The van der Waals surface area contributed by atoms with E-state index >= 15 is 0 Å². The molecular weight excluding hydrogens is 286 g/mol. The van der Waals surface area contributed by atoms with Crippen molar-refractivity contribution in [1.29, 1.82) is 0 Å². The summed E-state index contributed by atoms with van der Waals surface area (Å²) in [6.45, 7) is 4.53. The maximum Gasteiger partial charge on any atom is 0.419 e. The van der Waals surface area contributed by atoms with Crippen molar-refractivity contribution < 1.29 is 9.21 Å². The summed E-state index contributed by atoms with van der Waals surface area (Å²) in [7, 11) is 0. The van der Waals surface area contributed by atoms with Gasteiger partial charge in [-0.25, -0.2) is 4.79 Å². The Balaban J connectivity index is 2.08. The number of aryl methyl sites for hydroxylation is 2. The van der Waals surface area contributed by atoms with Gasteiger partial charge in [0.2, 0.25) is 0 Å². The third-order valence-electron chi connectivity index (χ3n) is 3.48. The molecule has 3 aromatic rings. The Morgan fingerprint density at radius 2 is 2.14 bits per heavy atom. The Labute approximate surface area is 125 Å². The quantitative estimate of drug-likeness (QED) is 0.692. The van der Waals surface area contributed by atoms with Crippen molar-refractivity contribution in [3.05, 3.63) is 56.2 Å². The van der Waals surface area contributed by atoms with E-state index in [0.717, 1.165) is 17.5 Å². The average molecular weight is 301 g/mol. The number of hydrogen-bond acceptors (Lipinski definition) is 4. The van der Waals surface area contributed by atoms with E-state index in [1.807, 2.05) is 24.6 Å². The molecule has 0 spiro atoms. The molecule has 4 nitrogen and oxygen atoms in total. The van der Waals surface area contributed by atoms with Gasteiger partial charge in [-0.15, -0.1) is 0 Å². The number of fused-ring (bicyclic) bond motifs is 1. The van der Waals surface area contributed by atoms with Gasteiger partial charge in [-0.05, 0) is 42.5 Å². The van der Waals surface area contributed by atoms with Gasteiger partial charge in [0, 0.05) is 23.1 Å². The number of carbonyl (C=O) groups is 1. The smallest absolute Gasteiger partial charge is 0.408 e. The molecule has 0 saturated carbocycles. The fourth-order valence-corrected chi connectivity index (χ4v) is 3.22. The molecule has 0 amide bonds. The summed E-state index contributed by atoms with van der Waals surface area (Å²) in [5, 5.41) is 3.80. The van der Waals surface area contributed by atoms with Gasteiger partial charge in [-0.3, -0.25) is 9.36 Å². The van der Waals surface area contributed by atoms with E-state index in [0.29, 0.717) is 23.3 Å². The first-order valence-corrected chi connectivity index (χ1v) is 7.77. The molecule has 0 unspecified atom stereocenters. The van der Waals surface area contributed by atoms with Gasteiger partial charge in [0.25, 0.3) is 0 Å². The second-order valence-electron chi connectivity index (χ2n) is 5.00.